The minimum atomic E-state index is -0.0633. The van der Waals surface area contributed by atoms with E-state index in [1.807, 2.05) is 0 Å². The van der Waals surface area contributed by atoms with Crippen LogP contribution in [0.25, 0.3) is 11.5 Å². The molecule has 0 saturated heterocycles. The molecule has 3 heterocycles. The fourth-order valence-electron chi connectivity index (χ4n) is 1.82. The Labute approximate surface area is 114 Å². The standard InChI is InChI=1S/C13H12N4O3/c18-11(3-1-6-17-7-5-14-16-17)10-9-13(20-15-10)12-4-2-8-19-12/h2,4-5,7-9H,1,3,6H2. The smallest absolute Gasteiger partial charge is 0.202 e. The number of nitrogens with zero attached hydrogens (tertiary/aromatic N) is 4. The van der Waals surface area contributed by atoms with Gasteiger partial charge in [0.05, 0.1) is 12.5 Å². The molecule has 0 N–H and O–H groups in total. The predicted octanol–water partition coefficient (Wildman–Crippen LogP) is 2.19. The van der Waals surface area contributed by atoms with Crippen molar-refractivity contribution in [2.75, 3.05) is 0 Å². The number of ketones is 1. The summed E-state index contributed by atoms with van der Waals surface area (Å²) >= 11 is 0. The Morgan fingerprint density at radius 3 is 3.05 bits per heavy atom. The van der Waals surface area contributed by atoms with Gasteiger partial charge in [-0.3, -0.25) is 9.48 Å². The molecule has 7 heteroatoms. The Balaban J connectivity index is 1.57. The molecule has 0 atom stereocenters. The maximum absolute atomic E-state index is 12.0. The zero-order chi connectivity index (χ0) is 13.8. The zero-order valence-electron chi connectivity index (χ0n) is 10.6. The molecular formula is C13H12N4O3. The van der Waals surface area contributed by atoms with Crippen LogP contribution in [0.3, 0.4) is 0 Å². The van der Waals surface area contributed by atoms with Crippen LogP contribution in [0.4, 0.5) is 0 Å². The van der Waals surface area contributed by atoms with Crippen LogP contribution in [0.2, 0.25) is 0 Å². The van der Waals surface area contributed by atoms with Crippen LogP contribution in [-0.2, 0) is 6.54 Å². The third-order valence-corrected chi connectivity index (χ3v) is 2.82. The van der Waals surface area contributed by atoms with E-state index >= 15 is 0 Å². The lowest BCUT2D eigenvalue weighted by Crippen LogP contribution is -2.04. The van der Waals surface area contributed by atoms with E-state index in [0.29, 0.717) is 36.6 Å². The van der Waals surface area contributed by atoms with Crippen LogP contribution in [0, 0.1) is 0 Å². The van der Waals surface area contributed by atoms with Gasteiger partial charge >= 0.3 is 0 Å². The summed E-state index contributed by atoms with van der Waals surface area (Å²) in [5.41, 5.74) is 0.315. The average molecular weight is 272 g/mol. The molecule has 0 bridgehead atoms. The third-order valence-electron chi connectivity index (χ3n) is 2.82. The molecule has 20 heavy (non-hydrogen) atoms. The Hall–Kier alpha value is -2.70. The first-order valence-electron chi connectivity index (χ1n) is 6.21. The molecule has 3 aromatic rings. The summed E-state index contributed by atoms with van der Waals surface area (Å²) in [6, 6.07) is 5.09. The molecule has 0 aliphatic carbocycles. The number of aryl methyl sites for hydroxylation is 1. The lowest BCUT2D eigenvalue weighted by atomic mass is 10.1. The number of hydrogen-bond acceptors (Lipinski definition) is 6. The van der Waals surface area contributed by atoms with E-state index in [1.165, 1.54) is 6.26 Å². The van der Waals surface area contributed by atoms with Crippen molar-refractivity contribution in [3.05, 3.63) is 42.5 Å². The van der Waals surface area contributed by atoms with Gasteiger partial charge < -0.3 is 8.94 Å². The monoisotopic (exact) mass is 272 g/mol. The van der Waals surface area contributed by atoms with Gasteiger partial charge in [0.15, 0.2) is 11.5 Å². The van der Waals surface area contributed by atoms with Gasteiger partial charge in [-0.15, -0.1) is 5.10 Å². The molecule has 3 aromatic heterocycles. The van der Waals surface area contributed by atoms with Crippen molar-refractivity contribution in [3.63, 3.8) is 0 Å². The number of hydrogen-bond donors (Lipinski definition) is 0. The first-order valence-corrected chi connectivity index (χ1v) is 6.21. The molecule has 0 unspecified atom stereocenters. The summed E-state index contributed by atoms with van der Waals surface area (Å²) < 4.78 is 12.0. The summed E-state index contributed by atoms with van der Waals surface area (Å²) in [5, 5.41) is 11.3. The van der Waals surface area contributed by atoms with Crippen molar-refractivity contribution in [3.8, 4) is 11.5 Å². The van der Waals surface area contributed by atoms with Crippen LogP contribution in [0.15, 0.2) is 45.8 Å². The minimum absolute atomic E-state index is 0.0633. The van der Waals surface area contributed by atoms with Crippen LogP contribution >= 0.6 is 0 Å². The van der Waals surface area contributed by atoms with E-state index in [0.717, 1.165) is 0 Å². The molecule has 7 nitrogen and oxygen atoms in total. The van der Waals surface area contributed by atoms with E-state index < -0.39 is 0 Å². The molecule has 0 aliphatic rings. The number of furan rings is 1. The maximum atomic E-state index is 12.0. The second-order valence-electron chi connectivity index (χ2n) is 4.25. The highest BCUT2D eigenvalue weighted by Gasteiger charge is 2.14. The van der Waals surface area contributed by atoms with Gasteiger partial charge in [-0.2, -0.15) is 0 Å². The highest BCUT2D eigenvalue weighted by atomic mass is 16.5. The highest BCUT2D eigenvalue weighted by Crippen LogP contribution is 2.21. The normalized spacial score (nSPS) is 10.8. The van der Waals surface area contributed by atoms with E-state index in [9.17, 15) is 4.79 Å². The van der Waals surface area contributed by atoms with Crippen LogP contribution in [0.5, 0.6) is 0 Å². The summed E-state index contributed by atoms with van der Waals surface area (Å²) in [4.78, 5) is 12.0. The predicted molar refractivity (Wildman–Crippen MR) is 67.8 cm³/mol. The van der Waals surface area contributed by atoms with Crippen molar-refractivity contribution >= 4 is 5.78 Å². The van der Waals surface area contributed by atoms with Gasteiger partial charge in [0, 0.05) is 25.2 Å². The molecule has 3 rings (SSSR count). The van der Waals surface area contributed by atoms with Gasteiger partial charge in [0.25, 0.3) is 0 Å². The second-order valence-corrected chi connectivity index (χ2v) is 4.25. The third kappa shape index (κ3) is 2.66. The van der Waals surface area contributed by atoms with Gasteiger partial charge in [-0.1, -0.05) is 10.4 Å². The SMILES string of the molecule is O=C(CCCn1ccnn1)c1cc(-c2ccco2)on1. The van der Waals surface area contributed by atoms with Crippen LogP contribution in [-0.4, -0.2) is 25.9 Å². The van der Waals surface area contributed by atoms with Gasteiger partial charge in [0.2, 0.25) is 5.76 Å². The molecule has 0 spiro atoms. The van der Waals surface area contributed by atoms with Crippen molar-refractivity contribution in [1.29, 1.82) is 0 Å². The summed E-state index contributed by atoms with van der Waals surface area (Å²) in [6.07, 6.45) is 5.96. The van der Waals surface area contributed by atoms with Crippen molar-refractivity contribution in [2.45, 2.75) is 19.4 Å². The Morgan fingerprint density at radius 2 is 2.30 bits per heavy atom. The topological polar surface area (TPSA) is 87.0 Å². The Kier molecular flexibility index (Phi) is 3.40. The van der Waals surface area contributed by atoms with Crippen LogP contribution in [0.1, 0.15) is 23.3 Å². The molecule has 0 aromatic carbocycles. The van der Waals surface area contributed by atoms with E-state index in [-0.39, 0.29) is 5.78 Å². The largest absolute Gasteiger partial charge is 0.461 e. The van der Waals surface area contributed by atoms with Gasteiger partial charge in [0.1, 0.15) is 5.69 Å². The maximum Gasteiger partial charge on any atom is 0.202 e. The molecule has 0 radical (unpaired) electrons. The van der Waals surface area contributed by atoms with E-state index in [2.05, 4.69) is 15.5 Å². The number of carbonyl (C=O) groups is 1. The summed E-state index contributed by atoms with van der Waals surface area (Å²) in [7, 11) is 0. The molecule has 102 valence electrons. The van der Waals surface area contributed by atoms with Crippen molar-refractivity contribution in [1.82, 2.24) is 20.2 Å². The van der Waals surface area contributed by atoms with Crippen molar-refractivity contribution < 1.29 is 13.7 Å². The second kappa shape index (κ2) is 5.52. The lowest BCUT2D eigenvalue weighted by Gasteiger charge is -1.98. The lowest BCUT2D eigenvalue weighted by molar-refractivity contribution is 0.0969. The first kappa shape index (κ1) is 12.3. The van der Waals surface area contributed by atoms with Gasteiger partial charge in [-0.25, -0.2) is 0 Å². The quantitative estimate of drug-likeness (QED) is 0.639. The summed E-state index contributed by atoms with van der Waals surface area (Å²) in [6.45, 7) is 0.647. The Bertz CT molecular complexity index is 670. The molecule has 0 aliphatic heterocycles. The first-order chi connectivity index (χ1) is 9.83. The number of carbonyl (C=O) groups excluding carboxylic acids is 1. The Morgan fingerprint density at radius 1 is 1.35 bits per heavy atom. The fraction of sp³-hybridized carbons (Fsp3) is 0.231. The van der Waals surface area contributed by atoms with Crippen molar-refractivity contribution in [2.24, 2.45) is 0 Å². The van der Waals surface area contributed by atoms with Crippen LogP contribution < -0.4 is 0 Å². The van der Waals surface area contributed by atoms with E-state index in [1.54, 1.807) is 35.3 Å². The van der Waals surface area contributed by atoms with Gasteiger partial charge in [-0.05, 0) is 18.6 Å². The fourth-order valence-corrected chi connectivity index (χ4v) is 1.82. The average Bonchev–Trinajstić information content (AvgIpc) is 3.20. The molecule has 0 fully saturated rings. The molecule has 0 amide bonds. The number of aromatic nitrogens is 4. The highest BCUT2D eigenvalue weighted by molar-refractivity contribution is 5.94. The zero-order valence-corrected chi connectivity index (χ0v) is 10.6. The molecule has 0 saturated carbocycles. The van der Waals surface area contributed by atoms with E-state index in [4.69, 9.17) is 8.94 Å². The molecular weight excluding hydrogens is 260 g/mol. The number of Topliss-reactive ketones (excluding diaryl/α,β-unsaturated/α-hetero) is 1. The minimum Gasteiger partial charge on any atom is -0.461 e. The number of rotatable bonds is 6. The summed E-state index contributed by atoms with van der Waals surface area (Å²) in [5.74, 6) is 0.945.